The van der Waals surface area contributed by atoms with Crippen LogP contribution in [0.15, 0.2) is 28.8 Å². The number of amides is 2. The molecule has 0 aliphatic heterocycles. The van der Waals surface area contributed by atoms with Gasteiger partial charge in [0.05, 0.1) is 18.2 Å². The van der Waals surface area contributed by atoms with Crippen molar-refractivity contribution in [2.24, 2.45) is 0 Å². The average Bonchev–Trinajstić information content (AvgIpc) is 2.93. The molecule has 0 bridgehead atoms. The molecule has 1 N–H and O–H groups in total. The Balaban J connectivity index is 2.20. The van der Waals surface area contributed by atoms with Gasteiger partial charge in [0.2, 0.25) is 11.7 Å². The van der Waals surface area contributed by atoms with E-state index < -0.39 is 0 Å². The molecule has 0 fully saturated rings. The van der Waals surface area contributed by atoms with Gasteiger partial charge in [0.15, 0.2) is 0 Å². The van der Waals surface area contributed by atoms with Crippen LogP contribution in [0, 0.1) is 18.3 Å². The zero-order valence-corrected chi connectivity index (χ0v) is 12.7. The molecule has 1 aromatic carbocycles. The maximum absolute atomic E-state index is 12.3. The lowest BCUT2D eigenvalue weighted by molar-refractivity contribution is 0.208. The number of nitrogens with one attached hydrogen (secondary N) is 1. The van der Waals surface area contributed by atoms with E-state index in [-0.39, 0.29) is 18.5 Å². The highest BCUT2D eigenvalue weighted by Gasteiger charge is 2.18. The summed E-state index contributed by atoms with van der Waals surface area (Å²) < 4.78 is 4.98. The molecular weight excluding hydrogens is 282 g/mol. The number of hydrogen-bond donors (Lipinski definition) is 1. The SMILES string of the molecule is Cc1nc(-c2ccccc2NC(=O)N(C)[C@H](C)CC#N)no1. The maximum Gasteiger partial charge on any atom is 0.321 e. The first kappa shape index (κ1) is 15.5. The minimum atomic E-state index is -0.296. The first-order chi connectivity index (χ1) is 10.5. The van der Waals surface area contributed by atoms with Gasteiger partial charge in [0.25, 0.3) is 0 Å². The van der Waals surface area contributed by atoms with Crippen LogP contribution in [0.2, 0.25) is 0 Å². The number of aromatic nitrogens is 2. The summed E-state index contributed by atoms with van der Waals surface area (Å²) in [4.78, 5) is 17.9. The van der Waals surface area contributed by atoms with Gasteiger partial charge in [0.1, 0.15) is 0 Å². The van der Waals surface area contributed by atoms with Crippen molar-refractivity contribution >= 4 is 11.7 Å². The largest absolute Gasteiger partial charge is 0.339 e. The summed E-state index contributed by atoms with van der Waals surface area (Å²) in [7, 11) is 1.65. The minimum Gasteiger partial charge on any atom is -0.339 e. The average molecular weight is 299 g/mol. The third kappa shape index (κ3) is 3.41. The molecule has 0 saturated carbocycles. The second-order valence-corrected chi connectivity index (χ2v) is 4.93. The van der Waals surface area contributed by atoms with Crippen LogP contribution in [-0.4, -0.2) is 34.2 Å². The van der Waals surface area contributed by atoms with Gasteiger partial charge in [-0.3, -0.25) is 0 Å². The zero-order valence-electron chi connectivity index (χ0n) is 12.7. The lowest BCUT2D eigenvalue weighted by atomic mass is 10.1. The van der Waals surface area contributed by atoms with Crippen molar-refractivity contribution in [2.75, 3.05) is 12.4 Å². The fourth-order valence-electron chi connectivity index (χ4n) is 1.87. The monoisotopic (exact) mass is 299 g/mol. The van der Waals surface area contributed by atoms with Gasteiger partial charge in [-0.15, -0.1) is 0 Å². The van der Waals surface area contributed by atoms with Gasteiger partial charge in [-0.1, -0.05) is 17.3 Å². The number of nitrogens with zero attached hydrogens (tertiary/aromatic N) is 4. The Morgan fingerprint density at radius 1 is 1.50 bits per heavy atom. The maximum atomic E-state index is 12.3. The molecule has 0 unspecified atom stereocenters. The Morgan fingerprint density at radius 2 is 2.23 bits per heavy atom. The van der Waals surface area contributed by atoms with Crippen LogP contribution in [-0.2, 0) is 0 Å². The molecule has 7 nitrogen and oxygen atoms in total. The van der Waals surface area contributed by atoms with Gasteiger partial charge in [-0.05, 0) is 19.1 Å². The quantitative estimate of drug-likeness (QED) is 0.936. The molecule has 1 aromatic heterocycles. The molecule has 0 aliphatic rings. The van der Waals surface area contributed by atoms with E-state index in [1.54, 1.807) is 26.1 Å². The summed E-state index contributed by atoms with van der Waals surface area (Å²) in [5.74, 6) is 0.872. The first-order valence-electron chi connectivity index (χ1n) is 6.83. The number of para-hydroxylation sites is 1. The standard InChI is InChI=1S/C15H17N5O2/c1-10(8-9-16)20(3)15(21)18-13-7-5-4-6-12(13)14-17-11(2)22-19-14/h4-7,10H,8H2,1-3H3,(H,18,21)/t10-/m1/s1. The summed E-state index contributed by atoms with van der Waals surface area (Å²) in [6.07, 6.45) is 0.273. The van der Waals surface area contributed by atoms with Crippen LogP contribution in [0.4, 0.5) is 10.5 Å². The summed E-state index contributed by atoms with van der Waals surface area (Å²) in [5, 5.41) is 15.4. The van der Waals surface area contributed by atoms with E-state index in [4.69, 9.17) is 9.78 Å². The molecule has 2 amide bonds. The fourth-order valence-corrected chi connectivity index (χ4v) is 1.87. The molecule has 1 heterocycles. The summed E-state index contributed by atoms with van der Waals surface area (Å²) >= 11 is 0. The van der Waals surface area contributed by atoms with Gasteiger partial charge in [-0.25, -0.2) is 4.79 Å². The van der Waals surface area contributed by atoms with Crippen LogP contribution in [0.25, 0.3) is 11.4 Å². The highest BCUT2D eigenvalue weighted by atomic mass is 16.5. The Kier molecular flexibility index (Phi) is 4.73. The number of carbonyl (C=O) groups excluding carboxylic acids is 1. The van der Waals surface area contributed by atoms with Gasteiger partial charge in [-0.2, -0.15) is 10.2 Å². The molecule has 22 heavy (non-hydrogen) atoms. The number of hydrogen-bond acceptors (Lipinski definition) is 5. The smallest absolute Gasteiger partial charge is 0.321 e. The molecule has 2 aromatic rings. The number of carbonyl (C=O) groups is 1. The summed E-state index contributed by atoms with van der Waals surface area (Å²) in [5.41, 5.74) is 1.26. The third-order valence-corrected chi connectivity index (χ3v) is 3.31. The Labute approximate surface area is 128 Å². The van der Waals surface area contributed by atoms with Crippen LogP contribution >= 0.6 is 0 Å². The highest BCUT2D eigenvalue weighted by molar-refractivity contribution is 5.93. The molecule has 0 radical (unpaired) electrons. The highest BCUT2D eigenvalue weighted by Crippen LogP contribution is 2.25. The summed E-state index contributed by atoms with van der Waals surface area (Å²) in [6.45, 7) is 3.52. The molecule has 0 spiro atoms. The van der Waals surface area contributed by atoms with Crippen LogP contribution in [0.3, 0.4) is 0 Å². The van der Waals surface area contributed by atoms with Crippen molar-refractivity contribution in [1.29, 1.82) is 5.26 Å². The van der Waals surface area contributed by atoms with Gasteiger partial charge in [0, 0.05) is 25.6 Å². The number of nitriles is 1. The lowest BCUT2D eigenvalue weighted by Crippen LogP contribution is -2.38. The van der Waals surface area contributed by atoms with E-state index in [1.807, 2.05) is 19.1 Å². The van der Waals surface area contributed by atoms with Crippen molar-refractivity contribution in [2.45, 2.75) is 26.3 Å². The molecule has 1 atom stereocenters. The second-order valence-electron chi connectivity index (χ2n) is 4.93. The van der Waals surface area contributed by atoms with Crippen molar-refractivity contribution in [3.05, 3.63) is 30.2 Å². The molecule has 114 valence electrons. The Bertz CT molecular complexity index is 704. The van der Waals surface area contributed by atoms with E-state index >= 15 is 0 Å². The normalized spacial score (nSPS) is 11.5. The van der Waals surface area contributed by atoms with Crippen LogP contribution < -0.4 is 5.32 Å². The second kappa shape index (κ2) is 6.72. The number of urea groups is 1. The van der Waals surface area contributed by atoms with Crippen LogP contribution in [0.1, 0.15) is 19.2 Å². The predicted octanol–water partition coefficient (Wildman–Crippen LogP) is 2.81. The fraction of sp³-hybridized carbons (Fsp3) is 0.333. The number of aryl methyl sites for hydroxylation is 1. The van der Waals surface area contributed by atoms with Gasteiger partial charge >= 0.3 is 6.03 Å². The molecule has 0 saturated heterocycles. The topological polar surface area (TPSA) is 95.1 Å². The lowest BCUT2D eigenvalue weighted by Gasteiger charge is -2.23. The Morgan fingerprint density at radius 3 is 2.86 bits per heavy atom. The predicted molar refractivity (Wildman–Crippen MR) is 80.9 cm³/mol. The third-order valence-electron chi connectivity index (χ3n) is 3.31. The molecule has 7 heteroatoms. The molecular formula is C15H17N5O2. The Hall–Kier alpha value is -2.88. The number of benzene rings is 1. The van der Waals surface area contributed by atoms with Crippen molar-refractivity contribution < 1.29 is 9.32 Å². The van der Waals surface area contributed by atoms with E-state index in [1.165, 1.54) is 4.90 Å². The van der Waals surface area contributed by atoms with Crippen molar-refractivity contribution in [3.8, 4) is 17.5 Å². The molecule has 2 rings (SSSR count). The first-order valence-corrected chi connectivity index (χ1v) is 6.83. The minimum absolute atomic E-state index is 0.176. The summed E-state index contributed by atoms with van der Waals surface area (Å²) in [6, 6.07) is 8.79. The number of anilines is 1. The van der Waals surface area contributed by atoms with E-state index in [0.717, 1.165) is 0 Å². The zero-order chi connectivity index (χ0) is 16.1. The van der Waals surface area contributed by atoms with Crippen LogP contribution in [0.5, 0.6) is 0 Å². The number of rotatable bonds is 4. The van der Waals surface area contributed by atoms with Gasteiger partial charge < -0.3 is 14.7 Å². The molecule has 0 aliphatic carbocycles. The van der Waals surface area contributed by atoms with Crippen molar-refractivity contribution in [1.82, 2.24) is 15.0 Å². The van der Waals surface area contributed by atoms with E-state index in [9.17, 15) is 4.79 Å². The van der Waals surface area contributed by atoms with Crippen molar-refractivity contribution in [3.63, 3.8) is 0 Å². The van der Waals surface area contributed by atoms with E-state index in [2.05, 4.69) is 21.5 Å². The van der Waals surface area contributed by atoms with E-state index in [0.29, 0.717) is 23.0 Å².